The fourth-order valence-corrected chi connectivity index (χ4v) is 7.87. The lowest BCUT2D eigenvalue weighted by atomic mass is 9.95. The molecule has 0 amide bonds. The Morgan fingerprint density at radius 3 is 1.25 bits per heavy atom. The van der Waals surface area contributed by atoms with E-state index in [-0.39, 0.29) is 0 Å². The van der Waals surface area contributed by atoms with Crippen molar-refractivity contribution in [1.82, 2.24) is 8.80 Å². The van der Waals surface area contributed by atoms with E-state index in [4.69, 9.17) is 0 Å². The van der Waals surface area contributed by atoms with Gasteiger partial charge in [-0.15, -0.1) is 0 Å². The predicted molar refractivity (Wildman–Crippen MR) is 173 cm³/mol. The molecule has 0 N–H and O–H groups in total. The molecule has 0 bridgehead atoms. The van der Waals surface area contributed by atoms with E-state index in [1.165, 1.54) is 87.3 Å². The first-order chi connectivity index (χ1) is 19.5. The van der Waals surface area contributed by atoms with Gasteiger partial charge in [0.05, 0.1) is 33.1 Å². The van der Waals surface area contributed by atoms with E-state index >= 15 is 0 Å². The average molecular weight is 517 g/mol. The van der Waals surface area contributed by atoms with E-state index in [1.807, 2.05) is 0 Å². The van der Waals surface area contributed by atoms with Gasteiger partial charge in [-0.05, 0) is 72.2 Å². The van der Waals surface area contributed by atoms with Crippen LogP contribution in [0.1, 0.15) is 38.8 Å². The largest absolute Gasteiger partial charge is 0.308 e. The molecule has 4 heterocycles. The number of fused-ring (bicyclic) bond motifs is 14. The molecule has 0 saturated carbocycles. The SMILES string of the molecule is CC(C)Cc1ccc2c(c1)c1c3c4ccccc4n4c5ccc(CC(C)C)cc5c(c5c6ccccc6n2c51)c34. The van der Waals surface area contributed by atoms with Gasteiger partial charge in [0.25, 0.3) is 0 Å². The Bertz CT molecular complexity index is 2260. The molecule has 0 radical (unpaired) electrons. The Morgan fingerprint density at radius 2 is 0.825 bits per heavy atom. The van der Waals surface area contributed by atoms with Gasteiger partial charge in [0.1, 0.15) is 0 Å². The van der Waals surface area contributed by atoms with Gasteiger partial charge >= 0.3 is 0 Å². The summed E-state index contributed by atoms with van der Waals surface area (Å²) in [6.07, 6.45) is 2.19. The zero-order chi connectivity index (χ0) is 26.9. The number of hydrogen-bond acceptors (Lipinski definition) is 0. The van der Waals surface area contributed by atoms with E-state index < -0.39 is 0 Å². The monoisotopic (exact) mass is 516 g/mol. The summed E-state index contributed by atoms with van der Waals surface area (Å²) in [6, 6.07) is 32.5. The quantitative estimate of drug-likeness (QED) is 0.220. The number of nitrogens with zero attached hydrogens (tertiary/aromatic N) is 2. The van der Waals surface area contributed by atoms with Gasteiger partial charge in [-0.1, -0.05) is 76.2 Å². The molecule has 0 aliphatic rings. The summed E-state index contributed by atoms with van der Waals surface area (Å²) in [6.45, 7) is 9.26. The Balaban J connectivity index is 1.63. The summed E-state index contributed by atoms with van der Waals surface area (Å²) in [5.74, 6) is 1.25. The summed E-state index contributed by atoms with van der Waals surface area (Å²) >= 11 is 0. The van der Waals surface area contributed by atoms with Crippen LogP contribution in [0.5, 0.6) is 0 Å². The first kappa shape index (κ1) is 22.5. The lowest BCUT2D eigenvalue weighted by molar-refractivity contribution is 0.647. The third kappa shape index (κ3) is 2.69. The molecule has 0 atom stereocenters. The molecule has 0 unspecified atom stereocenters. The van der Waals surface area contributed by atoms with Gasteiger partial charge in [-0.3, -0.25) is 0 Å². The van der Waals surface area contributed by atoms with Crippen LogP contribution in [0.4, 0.5) is 0 Å². The van der Waals surface area contributed by atoms with Crippen LogP contribution in [-0.2, 0) is 12.8 Å². The molecular formula is C38H32N2. The molecule has 2 heteroatoms. The minimum Gasteiger partial charge on any atom is -0.308 e. The fourth-order valence-electron chi connectivity index (χ4n) is 7.87. The topological polar surface area (TPSA) is 8.82 Å². The number of aromatic nitrogens is 2. The van der Waals surface area contributed by atoms with Crippen LogP contribution in [-0.4, -0.2) is 8.80 Å². The summed E-state index contributed by atoms with van der Waals surface area (Å²) < 4.78 is 5.12. The Morgan fingerprint density at radius 1 is 0.450 bits per heavy atom. The molecule has 194 valence electrons. The Hall–Kier alpha value is -4.30. The number of benzene rings is 5. The van der Waals surface area contributed by atoms with Crippen molar-refractivity contribution in [3.05, 3.63) is 96.1 Å². The normalized spacial score (nSPS) is 13.2. The molecule has 4 aromatic heterocycles. The second kappa shape index (κ2) is 7.67. The maximum atomic E-state index is 2.56. The molecule has 40 heavy (non-hydrogen) atoms. The molecule has 0 aliphatic heterocycles. The van der Waals surface area contributed by atoms with Crippen LogP contribution in [0.3, 0.4) is 0 Å². The van der Waals surface area contributed by atoms with Crippen LogP contribution in [0, 0.1) is 11.8 Å². The van der Waals surface area contributed by atoms with Crippen molar-refractivity contribution in [2.24, 2.45) is 11.8 Å². The number of rotatable bonds is 4. The van der Waals surface area contributed by atoms with Gasteiger partial charge in [-0.2, -0.15) is 0 Å². The molecule has 5 aromatic carbocycles. The smallest absolute Gasteiger partial charge is 0.0634 e. The zero-order valence-electron chi connectivity index (χ0n) is 23.5. The molecule has 0 aliphatic carbocycles. The van der Waals surface area contributed by atoms with Crippen molar-refractivity contribution in [1.29, 1.82) is 0 Å². The first-order valence-electron chi connectivity index (χ1n) is 14.8. The molecule has 0 saturated heterocycles. The lowest BCUT2D eigenvalue weighted by Gasteiger charge is -2.07. The summed E-state index contributed by atoms with van der Waals surface area (Å²) in [5, 5.41) is 11.1. The van der Waals surface area contributed by atoms with Crippen LogP contribution in [0.25, 0.3) is 76.2 Å². The van der Waals surface area contributed by atoms with Crippen molar-refractivity contribution in [2.45, 2.75) is 40.5 Å². The highest BCUT2D eigenvalue weighted by atomic mass is 14.9. The first-order valence-corrected chi connectivity index (χ1v) is 14.8. The Kier molecular flexibility index (Phi) is 4.31. The molecule has 9 rings (SSSR count). The van der Waals surface area contributed by atoms with Gasteiger partial charge in [-0.25, -0.2) is 0 Å². The van der Waals surface area contributed by atoms with E-state index in [1.54, 1.807) is 0 Å². The zero-order valence-corrected chi connectivity index (χ0v) is 23.5. The van der Waals surface area contributed by atoms with Crippen molar-refractivity contribution >= 4 is 76.2 Å². The van der Waals surface area contributed by atoms with E-state index in [2.05, 4.69) is 121 Å². The van der Waals surface area contributed by atoms with Crippen LogP contribution in [0.15, 0.2) is 84.9 Å². The molecular weight excluding hydrogens is 484 g/mol. The number of para-hydroxylation sites is 2. The maximum absolute atomic E-state index is 2.56. The second-order valence-electron chi connectivity index (χ2n) is 12.8. The molecule has 0 spiro atoms. The predicted octanol–water partition coefficient (Wildman–Crippen LogP) is 10.4. The molecule has 0 fully saturated rings. The lowest BCUT2D eigenvalue weighted by Crippen LogP contribution is -1.93. The van der Waals surface area contributed by atoms with Crippen LogP contribution < -0.4 is 0 Å². The summed E-state index contributed by atoms with van der Waals surface area (Å²) in [7, 11) is 0. The van der Waals surface area contributed by atoms with Crippen molar-refractivity contribution in [3.63, 3.8) is 0 Å². The third-order valence-corrected chi connectivity index (χ3v) is 9.15. The fraction of sp³-hybridized carbons (Fsp3) is 0.211. The minimum absolute atomic E-state index is 0.625. The second-order valence-corrected chi connectivity index (χ2v) is 12.8. The van der Waals surface area contributed by atoms with Gasteiger partial charge in [0.15, 0.2) is 0 Å². The van der Waals surface area contributed by atoms with Crippen molar-refractivity contribution in [2.75, 3.05) is 0 Å². The van der Waals surface area contributed by atoms with E-state index in [9.17, 15) is 0 Å². The highest BCUT2D eigenvalue weighted by Crippen LogP contribution is 2.51. The number of hydrogen-bond donors (Lipinski definition) is 0. The van der Waals surface area contributed by atoms with Crippen molar-refractivity contribution in [3.8, 4) is 0 Å². The van der Waals surface area contributed by atoms with Gasteiger partial charge < -0.3 is 8.80 Å². The highest BCUT2D eigenvalue weighted by Gasteiger charge is 2.28. The summed E-state index contributed by atoms with van der Waals surface area (Å²) in [4.78, 5) is 0. The third-order valence-electron chi connectivity index (χ3n) is 9.15. The Labute approximate surface area is 233 Å². The van der Waals surface area contributed by atoms with Crippen LogP contribution in [0.2, 0.25) is 0 Å². The van der Waals surface area contributed by atoms with Crippen LogP contribution >= 0.6 is 0 Å². The maximum Gasteiger partial charge on any atom is 0.0634 e. The molecule has 2 nitrogen and oxygen atoms in total. The average Bonchev–Trinajstić information content (AvgIpc) is 3.64. The summed E-state index contributed by atoms with van der Waals surface area (Å²) in [5.41, 5.74) is 10.9. The minimum atomic E-state index is 0.625. The van der Waals surface area contributed by atoms with Gasteiger partial charge in [0.2, 0.25) is 0 Å². The molecule has 9 aromatic rings. The van der Waals surface area contributed by atoms with E-state index in [0.29, 0.717) is 11.8 Å². The standard InChI is InChI=1S/C38H32N2/c1-21(2)17-23-13-15-31-27(19-23)35-33-25-9-5-8-12-30(25)40-32-16-14-24(18-22(3)4)20-28(32)36(38(33)40)34-26-10-6-7-11-29(26)39(31)37(34)35/h5-16,19-22H,17-18H2,1-4H3. The van der Waals surface area contributed by atoms with Crippen molar-refractivity contribution < 1.29 is 0 Å². The van der Waals surface area contributed by atoms with Gasteiger partial charge in [0, 0.05) is 43.1 Å². The highest BCUT2D eigenvalue weighted by molar-refractivity contribution is 6.45. The van der Waals surface area contributed by atoms with E-state index in [0.717, 1.165) is 12.8 Å².